The van der Waals surface area contributed by atoms with Gasteiger partial charge in [0.15, 0.2) is 0 Å². The van der Waals surface area contributed by atoms with Crippen molar-refractivity contribution in [3.05, 3.63) is 23.1 Å². The Balaban J connectivity index is 2.32. The zero-order valence-electron chi connectivity index (χ0n) is 13.6. The summed E-state index contributed by atoms with van der Waals surface area (Å²) in [6.07, 6.45) is 13.4. The van der Waals surface area contributed by atoms with Crippen molar-refractivity contribution < 1.29 is 14.7 Å². The van der Waals surface area contributed by atoms with Crippen molar-refractivity contribution >= 4 is 40.2 Å². The molecule has 0 spiro atoms. The molecule has 0 bridgehead atoms. The van der Waals surface area contributed by atoms with Crippen LogP contribution >= 0.6 is 24.0 Å². The lowest BCUT2D eigenvalue weighted by molar-refractivity contribution is -0.137. The maximum Gasteiger partial charge on any atom is 0.303 e. The standard InChI is InChI=1S/C17H25NO3S2/c1-2-3-4-5-6-7-8-9-11-14-16(21)18(17(22)23-14)13-10-12-15(19)20/h6-7,11H,2-5,8-10,12-13H2,1H3,(H,19,20)/b7-6+,14-11-. The number of thiocarbonyl (C=S) groups is 1. The van der Waals surface area contributed by atoms with Crippen LogP contribution in [-0.2, 0) is 9.59 Å². The maximum absolute atomic E-state index is 12.2. The van der Waals surface area contributed by atoms with E-state index in [2.05, 4.69) is 19.1 Å². The van der Waals surface area contributed by atoms with Gasteiger partial charge < -0.3 is 5.11 Å². The lowest BCUT2D eigenvalue weighted by Crippen LogP contribution is -2.29. The van der Waals surface area contributed by atoms with E-state index >= 15 is 0 Å². The molecular weight excluding hydrogens is 330 g/mol. The molecule has 1 amide bonds. The molecule has 0 aromatic rings. The van der Waals surface area contributed by atoms with Gasteiger partial charge in [-0.15, -0.1) is 0 Å². The summed E-state index contributed by atoms with van der Waals surface area (Å²) >= 11 is 6.51. The van der Waals surface area contributed by atoms with E-state index in [1.165, 1.54) is 35.9 Å². The molecule has 4 nitrogen and oxygen atoms in total. The number of carbonyl (C=O) groups excluding carboxylic acids is 1. The van der Waals surface area contributed by atoms with Gasteiger partial charge in [-0.2, -0.15) is 0 Å². The Hall–Kier alpha value is -1.14. The smallest absolute Gasteiger partial charge is 0.303 e. The van der Waals surface area contributed by atoms with Crippen molar-refractivity contribution in [2.75, 3.05) is 6.54 Å². The highest BCUT2D eigenvalue weighted by atomic mass is 32.2. The number of aliphatic carboxylic acids is 1. The van der Waals surface area contributed by atoms with E-state index in [1.807, 2.05) is 6.08 Å². The minimum atomic E-state index is -0.850. The van der Waals surface area contributed by atoms with Crippen molar-refractivity contribution in [2.24, 2.45) is 0 Å². The van der Waals surface area contributed by atoms with Crippen LogP contribution in [0.2, 0.25) is 0 Å². The largest absolute Gasteiger partial charge is 0.481 e. The molecule has 23 heavy (non-hydrogen) atoms. The molecule has 0 unspecified atom stereocenters. The van der Waals surface area contributed by atoms with Crippen molar-refractivity contribution in [3.63, 3.8) is 0 Å². The van der Waals surface area contributed by atoms with Crippen LogP contribution in [-0.4, -0.2) is 32.7 Å². The third kappa shape index (κ3) is 7.79. The molecule has 128 valence electrons. The van der Waals surface area contributed by atoms with Crippen molar-refractivity contribution in [2.45, 2.75) is 58.3 Å². The number of hydrogen-bond donors (Lipinski definition) is 1. The number of carbonyl (C=O) groups is 2. The van der Waals surface area contributed by atoms with E-state index in [9.17, 15) is 9.59 Å². The van der Waals surface area contributed by atoms with E-state index < -0.39 is 5.97 Å². The summed E-state index contributed by atoms with van der Waals surface area (Å²) in [6, 6.07) is 0. The van der Waals surface area contributed by atoms with Crippen molar-refractivity contribution in [3.8, 4) is 0 Å². The number of hydrogen-bond acceptors (Lipinski definition) is 4. The average molecular weight is 356 g/mol. The Bertz CT molecular complexity index is 486. The summed E-state index contributed by atoms with van der Waals surface area (Å²) in [5.41, 5.74) is 0. The Labute approximate surface area is 148 Å². The normalized spacial score (nSPS) is 16.9. The molecule has 1 heterocycles. The zero-order valence-corrected chi connectivity index (χ0v) is 15.3. The Morgan fingerprint density at radius 3 is 2.65 bits per heavy atom. The predicted molar refractivity (Wildman–Crippen MR) is 99.4 cm³/mol. The van der Waals surface area contributed by atoms with Crippen molar-refractivity contribution in [1.29, 1.82) is 0 Å². The third-order valence-electron chi connectivity index (χ3n) is 3.45. The second kappa shape index (κ2) is 11.4. The fourth-order valence-electron chi connectivity index (χ4n) is 2.18. The second-order valence-corrected chi connectivity index (χ2v) is 7.11. The van der Waals surface area contributed by atoms with E-state index in [0.29, 0.717) is 22.2 Å². The first-order chi connectivity index (χ1) is 11.1. The highest BCUT2D eigenvalue weighted by Crippen LogP contribution is 2.31. The number of nitrogens with zero attached hydrogens (tertiary/aromatic N) is 1. The first-order valence-electron chi connectivity index (χ1n) is 8.17. The molecule has 1 saturated heterocycles. The monoisotopic (exact) mass is 355 g/mol. The van der Waals surface area contributed by atoms with Gasteiger partial charge in [-0.05, 0) is 32.1 Å². The Morgan fingerprint density at radius 2 is 1.96 bits per heavy atom. The van der Waals surface area contributed by atoms with Gasteiger partial charge in [0.1, 0.15) is 4.32 Å². The number of rotatable bonds is 11. The van der Waals surface area contributed by atoms with Crippen LogP contribution in [0.1, 0.15) is 58.3 Å². The predicted octanol–water partition coefficient (Wildman–Crippen LogP) is 4.51. The summed E-state index contributed by atoms with van der Waals surface area (Å²) in [4.78, 5) is 24.9. The fraction of sp³-hybridized carbons (Fsp3) is 0.588. The first kappa shape index (κ1) is 19.9. The summed E-state index contributed by atoms with van der Waals surface area (Å²) < 4.78 is 0.529. The number of unbranched alkanes of at least 4 members (excludes halogenated alkanes) is 4. The highest BCUT2D eigenvalue weighted by Gasteiger charge is 2.31. The summed E-state index contributed by atoms with van der Waals surface area (Å²) in [7, 11) is 0. The van der Waals surface area contributed by atoms with E-state index in [4.69, 9.17) is 17.3 Å². The quantitative estimate of drug-likeness (QED) is 0.256. The summed E-state index contributed by atoms with van der Waals surface area (Å²) in [5, 5.41) is 8.65. The number of carboxylic acids is 1. The van der Waals surface area contributed by atoms with Crippen LogP contribution in [0.4, 0.5) is 0 Å². The van der Waals surface area contributed by atoms with Crippen LogP contribution < -0.4 is 0 Å². The molecule has 0 aliphatic carbocycles. The van der Waals surface area contributed by atoms with E-state index in [1.54, 1.807) is 0 Å². The lowest BCUT2D eigenvalue weighted by Gasteiger charge is -2.13. The molecule has 0 saturated carbocycles. The number of carboxylic acid groups (broad SMARTS) is 1. The van der Waals surface area contributed by atoms with Crippen LogP contribution in [0.15, 0.2) is 23.1 Å². The summed E-state index contributed by atoms with van der Waals surface area (Å²) in [5.74, 6) is -0.936. The van der Waals surface area contributed by atoms with Crippen LogP contribution in [0.5, 0.6) is 0 Å². The highest BCUT2D eigenvalue weighted by molar-refractivity contribution is 8.26. The SMILES string of the molecule is CCCCC/C=C/CC/C=C1\SC(=S)N(CCCC(=O)O)C1=O. The Kier molecular flexibility index (Phi) is 9.87. The molecular formula is C17H25NO3S2. The van der Waals surface area contributed by atoms with Gasteiger partial charge in [0.2, 0.25) is 0 Å². The molecule has 1 N–H and O–H groups in total. The fourth-order valence-corrected chi connectivity index (χ4v) is 3.49. The maximum atomic E-state index is 12.2. The number of allylic oxidation sites excluding steroid dienone is 3. The van der Waals surface area contributed by atoms with E-state index in [0.717, 1.165) is 19.3 Å². The molecule has 0 radical (unpaired) electrons. The van der Waals surface area contributed by atoms with Crippen molar-refractivity contribution in [1.82, 2.24) is 4.90 Å². The summed E-state index contributed by atoms with van der Waals surface area (Å²) in [6.45, 7) is 2.58. The second-order valence-electron chi connectivity index (χ2n) is 5.43. The Morgan fingerprint density at radius 1 is 1.22 bits per heavy atom. The minimum absolute atomic E-state index is 0.0545. The van der Waals surface area contributed by atoms with Gasteiger partial charge in [-0.25, -0.2) is 0 Å². The zero-order chi connectivity index (χ0) is 17.1. The third-order valence-corrected chi connectivity index (χ3v) is 4.88. The van der Waals surface area contributed by atoms with Crippen LogP contribution in [0, 0.1) is 0 Å². The van der Waals surface area contributed by atoms with Gasteiger partial charge >= 0.3 is 5.97 Å². The molecule has 1 aliphatic rings. The molecule has 1 aliphatic heterocycles. The van der Waals surface area contributed by atoms with Gasteiger partial charge in [0.25, 0.3) is 5.91 Å². The van der Waals surface area contributed by atoms with Gasteiger partial charge in [-0.3, -0.25) is 14.5 Å². The molecule has 6 heteroatoms. The first-order valence-corrected chi connectivity index (χ1v) is 9.39. The molecule has 1 fully saturated rings. The number of thioether (sulfide) groups is 1. The molecule has 0 aromatic carbocycles. The number of amides is 1. The van der Waals surface area contributed by atoms with Gasteiger partial charge in [0, 0.05) is 13.0 Å². The molecule has 0 aromatic heterocycles. The van der Waals surface area contributed by atoms with Crippen LogP contribution in [0.25, 0.3) is 0 Å². The van der Waals surface area contributed by atoms with Crippen LogP contribution in [0.3, 0.4) is 0 Å². The topological polar surface area (TPSA) is 57.6 Å². The van der Waals surface area contributed by atoms with Gasteiger partial charge in [-0.1, -0.05) is 62.0 Å². The minimum Gasteiger partial charge on any atom is -0.481 e. The van der Waals surface area contributed by atoms with Gasteiger partial charge in [0.05, 0.1) is 4.91 Å². The average Bonchev–Trinajstić information content (AvgIpc) is 2.77. The van der Waals surface area contributed by atoms with E-state index in [-0.39, 0.29) is 12.3 Å². The molecule has 0 atom stereocenters. The molecule has 1 rings (SSSR count). The lowest BCUT2D eigenvalue weighted by atomic mass is 10.2.